The zero-order chi connectivity index (χ0) is 13.7. The molecule has 0 spiro atoms. The van der Waals surface area contributed by atoms with Crippen LogP contribution in [-0.4, -0.2) is 33.4 Å². The number of ether oxygens (including phenoxy) is 1. The molecule has 0 amide bonds. The van der Waals surface area contributed by atoms with Crippen LogP contribution in [0.1, 0.15) is 18.4 Å². The fourth-order valence-corrected chi connectivity index (χ4v) is 2.61. The molecule has 1 unspecified atom stereocenters. The normalized spacial score (nSPS) is 19.4. The van der Waals surface area contributed by atoms with Crippen LogP contribution in [0.2, 0.25) is 0 Å². The van der Waals surface area contributed by atoms with Gasteiger partial charge in [-0.1, -0.05) is 0 Å². The first kappa shape index (κ1) is 14.3. The van der Waals surface area contributed by atoms with Crippen molar-refractivity contribution in [3.05, 3.63) is 29.6 Å². The Kier molecular flexibility index (Phi) is 5.16. The molecule has 2 rings (SSSR count). The van der Waals surface area contributed by atoms with Crippen LogP contribution in [0.5, 0.6) is 0 Å². The zero-order valence-electron chi connectivity index (χ0n) is 11.6. The van der Waals surface area contributed by atoms with Gasteiger partial charge in [0.25, 0.3) is 0 Å². The molecule has 1 aromatic carbocycles. The van der Waals surface area contributed by atoms with E-state index < -0.39 is 0 Å². The van der Waals surface area contributed by atoms with E-state index in [1.807, 2.05) is 13.1 Å². The number of hydrogen-bond donors (Lipinski definition) is 1. The van der Waals surface area contributed by atoms with Crippen LogP contribution in [0.25, 0.3) is 0 Å². The molecule has 1 atom stereocenters. The van der Waals surface area contributed by atoms with Gasteiger partial charge in [-0.2, -0.15) is 0 Å². The highest BCUT2D eigenvalue weighted by Crippen LogP contribution is 2.21. The van der Waals surface area contributed by atoms with Gasteiger partial charge in [-0.3, -0.25) is 0 Å². The van der Waals surface area contributed by atoms with Crippen molar-refractivity contribution >= 4 is 5.69 Å². The van der Waals surface area contributed by atoms with Gasteiger partial charge in [-0.25, -0.2) is 4.39 Å². The van der Waals surface area contributed by atoms with Gasteiger partial charge in [-0.15, -0.1) is 0 Å². The van der Waals surface area contributed by atoms with Crippen LogP contribution in [0, 0.1) is 11.7 Å². The Bertz CT molecular complexity index is 405. The molecule has 0 bridgehead atoms. The van der Waals surface area contributed by atoms with Crippen molar-refractivity contribution < 1.29 is 9.13 Å². The first-order chi connectivity index (χ1) is 9.19. The van der Waals surface area contributed by atoms with Gasteiger partial charge in [-0.05, 0) is 55.5 Å². The average molecular weight is 266 g/mol. The van der Waals surface area contributed by atoms with Gasteiger partial charge < -0.3 is 15.4 Å². The summed E-state index contributed by atoms with van der Waals surface area (Å²) in [6, 6.07) is 5.18. The Balaban J connectivity index is 2.02. The number of anilines is 1. The van der Waals surface area contributed by atoms with Crippen molar-refractivity contribution in [3.8, 4) is 0 Å². The standard InChI is InChI=1S/C15H23FN2O/c1-18(10-13-3-2-6-19-11-13)15-8-12(4-5-17)7-14(16)9-15/h7-9,13H,2-6,10-11,17H2,1H3. The highest BCUT2D eigenvalue weighted by Gasteiger charge is 2.16. The molecule has 1 aliphatic heterocycles. The molecule has 0 aliphatic carbocycles. The Hall–Kier alpha value is -1.13. The molecule has 1 heterocycles. The smallest absolute Gasteiger partial charge is 0.125 e. The number of benzene rings is 1. The summed E-state index contributed by atoms with van der Waals surface area (Å²) in [5.41, 5.74) is 7.42. The van der Waals surface area contributed by atoms with Gasteiger partial charge >= 0.3 is 0 Å². The fourth-order valence-electron chi connectivity index (χ4n) is 2.61. The molecule has 0 aromatic heterocycles. The van der Waals surface area contributed by atoms with E-state index in [4.69, 9.17) is 10.5 Å². The topological polar surface area (TPSA) is 38.5 Å². The minimum atomic E-state index is -0.187. The molecule has 0 saturated carbocycles. The van der Waals surface area contributed by atoms with Crippen molar-refractivity contribution in [3.63, 3.8) is 0 Å². The second-order valence-electron chi connectivity index (χ2n) is 5.32. The summed E-state index contributed by atoms with van der Waals surface area (Å²) in [6.45, 7) is 3.14. The van der Waals surface area contributed by atoms with Gasteiger partial charge in [0.2, 0.25) is 0 Å². The minimum absolute atomic E-state index is 0.187. The van der Waals surface area contributed by atoms with Gasteiger partial charge in [0.15, 0.2) is 0 Å². The van der Waals surface area contributed by atoms with E-state index in [2.05, 4.69) is 4.90 Å². The lowest BCUT2D eigenvalue weighted by Crippen LogP contribution is -2.30. The zero-order valence-corrected chi connectivity index (χ0v) is 11.6. The third-order valence-corrected chi connectivity index (χ3v) is 3.60. The molecule has 1 aromatic rings. The predicted molar refractivity (Wildman–Crippen MR) is 76.0 cm³/mol. The van der Waals surface area contributed by atoms with Crippen LogP contribution < -0.4 is 10.6 Å². The van der Waals surface area contributed by atoms with Crippen LogP contribution in [0.15, 0.2) is 18.2 Å². The Labute approximate surface area is 114 Å². The molecule has 19 heavy (non-hydrogen) atoms. The quantitative estimate of drug-likeness (QED) is 0.888. The Morgan fingerprint density at radius 1 is 1.42 bits per heavy atom. The van der Waals surface area contributed by atoms with Crippen molar-refractivity contribution in [2.45, 2.75) is 19.3 Å². The molecule has 1 fully saturated rings. The molecular weight excluding hydrogens is 243 g/mol. The second kappa shape index (κ2) is 6.87. The molecular formula is C15H23FN2O. The van der Waals surface area contributed by atoms with Crippen LogP contribution >= 0.6 is 0 Å². The lowest BCUT2D eigenvalue weighted by atomic mass is 10.0. The number of nitrogens with two attached hydrogens (primary N) is 1. The lowest BCUT2D eigenvalue weighted by molar-refractivity contribution is 0.0576. The highest BCUT2D eigenvalue weighted by atomic mass is 19.1. The molecule has 1 saturated heterocycles. The maximum atomic E-state index is 13.6. The lowest BCUT2D eigenvalue weighted by Gasteiger charge is -2.28. The number of hydrogen-bond acceptors (Lipinski definition) is 3. The fraction of sp³-hybridized carbons (Fsp3) is 0.600. The maximum Gasteiger partial charge on any atom is 0.125 e. The molecule has 3 nitrogen and oxygen atoms in total. The van der Waals surface area contributed by atoms with E-state index >= 15 is 0 Å². The summed E-state index contributed by atoms with van der Waals surface area (Å²) in [5.74, 6) is 0.354. The number of halogens is 1. The summed E-state index contributed by atoms with van der Waals surface area (Å²) in [5, 5.41) is 0. The van der Waals surface area contributed by atoms with Crippen LogP contribution in [0.4, 0.5) is 10.1 Å². The van der Waals surface area contributed by atoms with Gasteiger partial charge in [0.1, 0.15) is 5.82 Å². The van der Waals surface area contributed by atoms with E-state index in [0.717, 1.165) is 37.4 Å². The first-order valence-electron chi connectivity index (χ1n) is 6.97. The molecule has 1 aliphatic rings. The minimum Gasteiger partial charge on any atom is -0.381 e. The molecule has 0 radical (unpaired) electrons. The SMILES string of the molecule is CN(CC1CCCOC1)c1cc(F)cc(CCN)c1. The largest absolute Gasteiger partial charge is 0.381 e. The van der Waals surface area contributed by atoms with Crippen molar-refractivity contribution in [2.24, 2.45) is 11.7 Å². The first-order valence-corrected chi connectivity index (χ1v) is 6.97. The summed E-state index contributed by atoms with van der Waals surface area (Å²) in [6.07, 6.45) is 3.03. The van der Waals surface area contributed by atoms with E-state index in [0.29, 0.717) is 18.9 Å². The third-order valence-electron chi connectivity index (χ3n) is 3.60. The van der Waals surface area contributed by atoms with Crippen LogP contribution in [0.3, 0.4) is 0 Å². The van der Waals surface area contributed by atoms with E-state index in [1.54, 1.807) is 12.1 Å². The summed E-state index contributed by atoms with van der Waals surface area (Å²) >= 11 is 0. The second-order valence-corrected chi connectivity index (χ2v) is 5.32. The summed E-state index contributed by atoms with van der Waals surface area (Å²) < 4.78 is 19.1. The summed E-state index contributed by atoms with van der Waals surface area (Å²) in [4.78, 5) is 2.11. The predicted octanol–water partition coefficient (Wildman–Crippen LogP) is 2.19. The Morgan fingerprint density at radius 3 is 2.95 bits per heavy atom. The summed E-state index contributed by atoms with van der Waals surface area (Å²) in [7, 11) is 2.01. The van der Waals surface area contributed by atoms with Crippen molar-refractivity contribution in [2.75, 3.05) is 38.3 Å². The number of rotatable bonds is 5. The highest BCUT2D eigenvalue weighted by molar-refractivity contribution is 5.48. The van der Waals surface area contributed by atoms with E-state index in [-0.39, 0.29) is 5.82 Å². The third kappa shape index (κ3) is 4.18. The van der Waals surface area contributed by atoms with E-state index in [1.165, 1.54) is 6.42 Å². The maximum absolute atomic E-state index is 13.6. The Morgan fingerprint density at radius 2 is 2.26 bits per heavy atom. The van der Waals surface area contributed by atoms with Gasteiger partial charge in [0, 0.05) is 25.9 Å². The monoisotopic (exact) mass is 266 g/mol. The number of nitrogens with zero attached hydrogens (tertiary/aromatic N) is 1. The molecule has 106 valence electrons. The van der Waals surface area contributed by atoms with E-state index in [9.17, 15) is 4.39 Å². The van der Waals surface area contributed by atoms with Crippen LogP contribution in [-0.2, 0) is 11.2 Å². The molecule has 4 heteroatoms. The average Bonchev–Trinajstić information content (AvgIpc) is 2.39. The van der Waals surface area contributed by atoms with Crippen molar-refractivity contribution in [1.82, 2.24) is 0 Å². The van der Waals surface area contributed by atoms with Crippen molar-refractivity contribution in [1.29, 1.82) is 0 Å². The van der Waals surface area contributed by atoms with Gasteiger partial charge in [0.05, 0.1) is 6.61 Å². The molecule has 2 N–H and O–H groups in total.